The molecule has 0 fully saturated rings. The number of hydrogen-bond acceptors (Lipinski definition) is 2. The van der Waals surface area contributed by atoms with Crippen molar-refractivity contribution in [3.8, 4) is 0 Å². The zero-order valence-electron chi connectivity index (χ0n) is 11.6. The molecule has 5 heteroatoms. The number of amides is 1. The van der Waals surface area contributed by atoms with Gasteiger partial charge < -0.3 is 10.2 Å². The van der Waals surface area contributed by atoms with Gasteiger partial charge in [0.2, 0.25) is 0 Å². The largest absolute Gasteiger partial charge is 0.383 e. The molecular weight excluding hydrogens is 283 g/mol. The Bertz CT molecular complexity index is 449. The Balaban J connectivity index is 3.12. The van der Waals surface area contributed by atoms with E-state index in [1.54, 1.807) is 24.1 Å². The van der Waals surface area contributed by atoms with E-state index in [-0.39, 0.29) is 5.91 Å². The molecule has 0 aromatic heterocycles. The van der Waals surface area contributed by atoms with Gasteiger partial charge in [0.1, 0.15) is 0 Å². The van der Waals surface area contributed by atoms with Gasteiger partial charge in [-0.15, -0.1) is 0 Å². The molecule has 0 radical (unpaired) electrons. The summed E-state index contributed by atoms with van der Waals surface area (Å²) in [5.41, 5.74) is 1.20. The molecule has 0 bridgehead atoms. The van der Waals surface area contributed by atoms with Gasteiger partial charge in [0, 0.05) is 25.2 Å². The maximum atomic E-state index is 12.4. The van der Waals surface area contributed by atoms with Gasteiger partial charge in [0.15, 0.2) is 0 Å². The standard InChI is InChI=1S/C14H20Cl2N2O/c1-4-6-17-13-11(8-10(15)9-12(13)16)14(19)18(3)7-5-2/h8-9,17H,4-7H2,1-3H3. The smallest absolute Gasteiger partial charge is 0.255 e. The molecule has 3 nitrogen and oxygen atoms in total. The summed E-state index contributed by atoms with van der Waals surface area (Å²) in [5.74, 6) is -0.0650. The van der Waals surface area contributed by atoms with Crippen LogP contribution in [0.25, 0.3) is 0 Å². The van der Waals surface area contributed by atoms with Crippen LogP contribution >= 0.6 is 23.2 Å². The van der Waals surface area contributed by atoms with E-state index in [1.165, 1.54) is 0 Å². The van der Waals surface area contributed by atoms with Crippen LogP contribution in [0.2, 0.25) is 10.0 Å². The summed E-state index contributed by atoms with van der Waals surface area (Å²) in [6, 6.07) is 3.32. The number of carbonyl (C=O) groups is 1. The zero-order chi connectivity index (χ0) is 14.4. The summed E-state index contributed by atoms with van der Waals surface area (Å²) in [5, 5.41) is 4.15. The lowest BCUT2D eigenvalue weighted by Gasteiger charge is -2.20. The molecule has 106 valence electrons. The van der Waals surface area contributed by atoms with Gasteiger partial charge in [-0.05, 0) is 25.0 Å². The van der Waals surface area contributed by atoms with E-state index in [0.717, 1.165) is 19.4 Å². The quantitative estimate of drug-likeness (QED) is 0.850. The highest BCUT2D eigenvalue weighted by Crippen LogP contribution is 2.31. The van der Waals surface area contributed by atoms with Crippen LogP contribution in [-0.4, -0.2) is 30.9 Å². The number of benzene rings is 1. The third-order valence-corrected chi connectivity index (χ3v) is 3.26. The van der Waals surface area contributed by atoms with Gasteiger partial charge >= 0.3 is 0 Å². The predicted molar refractivity (Wildman–Crippen MR) is 82.5 cm³/mol. The number of nitrogens with zero attached hydrogens (tertiary/aromatic N) is 1. The van der Waals surface area contributed by atoms with Crippen molar-refractivity contribution in [2.75, 3.05) is 25.5 Å². The summed E-state index contributed by atoms with van der Waals surface area (Å²) < 4.78 is 0. The Hall–Kier alpha value is -0.930. The molecule has 0 saturated carbocycles. The highest BCUT2D eigenvalue weighted by molar-refractivity contribution is 6.37. The molecule has 1 amide bonds. The lowest BCUT2D eigenvalue weighted by Crippen LogP contribution is -2.28. The summed E-state index contributed by atoms with van der Waals surface area (Å²) in [7, 11) is 1.78. The van der Waals surface area contributed by atoms with E-state index in [4.69, 9.17) is 23.2 Å². The average molecular weight is 303 g/mol. The SMILES string of the molecule is CCCNc1c(Cl)cc(Cl)cc1C(=O)N(C)CCC. The maximum absolute atomic E-state index is 12.4. The van der Waals surface area contributed by atoms with Crippen LogP contribution < -0.4 is 5.32 Å². The Morgan fingerprint density at radius 1 is 1.26 bits per heavy atom. The van der Waals surface area contributed by atoms with Gasteiger partial charge in [0.05, 0.1) is 16.3 Å². The van der Waals surface area contributed by atoms with Crippen LogP contribution in [0.15, 0.2) is 12.1 Å². The molecule has 0 atom stereocenters. The second-order valence-electron chi connectivity index (χ2n) is 4.46. The second-order valence-corrected chi connectivity index (χ2v) is 5.31. The minimum absolute atomic E-state index is 0.0650. The molecule has 1 N–H and O–H groups in total. The normalized spacial score (nSPS) is 10.4. The van der Waals surface area contributed by atoms with Gasteiger partial charge in [0.25, 0.3) is 5.91 Å². The minimum atomic E-state index is -0.0650. The Kier molecular flexibility index (Phi) is 6.46. The third-order valence-electron chi connectivity index (χ3n) is 2.74. The fraction of sp³-hybridized carbons (Fsp3) is 0.500. The van der Waals surface area contributed by atoms with Crippen LogP contribution in [0.5, 0.6) is 0 Å². The summed E-state index contributed by atoms with van der Waals surface area (Å²) in [6.07, 6.45) is 1.87. The molecule has 0 spiro atoms. The summed E-state index contributed by atoms with van der Waals surface area (Å²) in [6.45, 7) is 5.56. The molecule has 1 rings (SSSR count). The number of rotatable bonds is 6. The van der Waals surface area contributed by atoms with Crippen molar-refractivity contribution in [1.82, 2.24) is 4.90 Å². The van der Waals surface area contributed by atoms with Gasteiger partial charge in [-0.2, -0.15) is 0 Å². The van der Waals surface area contributed by atoms with Crippen molar-refractivity contribution in [1.29, 1.82) is 0 Å². The van der Waals surface area contributed by atoms with Crippen molar-refractivity contribution in [2.45, 2.75) is 26.7 Å². The van der Waals surface area contributed by atoms with Gasteiger partial charge in [-0.3, -0.25) is 4.79 Å². The zero-order valence-corrected chi connectivity index (χ0v) is 13.1. The van der Waals surface area contributed by atoms with Crippen LogP contribution in [0.3, 0.4) is 0 Å². The highest BCUT2D eigenvalue weighted by atomic mass is 35.5. The number of nitrogens with one attached hydrogen (secondary N) is 1. The molecule has 0 aliphatic carbocycles. The topological polar surface area (TPSA) is 32.3 Å². The van der Waals surface area contributed by atoms with E-state index >= 15 is 0 Å². The molecule has 0 aliphatic rings. The maximum Gasteiger partial charge on any atom is 0.255 e. The molecule has 19 heavy (non-hydrogen) atoms. The first-order valence-electron chi connectivity index (χ1n) is 6.49. The number of halogens is 2. The number of hydrogen-bond donors (Lipinski definition) is 1. The van der Waals surface area contributed by atoms with E-state index in [0.29, 0.717) is 27.8 Å². The molecule has 0 unspecified atom stereocenters. The van der Waals surface area contributed by atoms with Crippen LogP contribution in [0.1, 0.15) is 37.0 Å². The Morgan fingerprint density at radius 3 is 2.53 bits per heavy atom. The van der Waals surface area contributed by atoms with Crippen molar-refractivity contribution in [3.63, 3.8) is 0 Å². The molecule has 1 aromatic rings. The summed E-state index contributed by atoms with van der Waals surface area (Å²) in [4.78, 5) is 14.1. The fourth-order valence-corrected chi connectivity index (χ4v) is 2.37. The Morgan fingerprint density at radius 2 is 1.95 bits per heavy atom. The first-order chi connectivity index (χ1) is 9.01. The van der Waals surface area contributed by atoms with Crippen LogP contribution in [-0.2, 0) is 0 Å². The summed E-state index contributed by atoms with van der Waals surface area (Å²) >= 11 is 12.2. The molecule has 0 heterocycles. The third kappa shape index (κ3) is 4.29. The average Bonchev–Trinajstić information content (AvgIpc) is 2.36. The van der Waals surface area contributed by atoms with E-state index in [9.17, 15) is 4.79 Å². The van der Waals surface area contributed by atoms with E-state index in [2.05, 4.69) is 12.2 Å². The van der Waals surface area contributed by atoms with Crippen molar-refractivity contribution >= 4 is 34.8 Å². The lowest BCUT2D eigenvalue weighted by molar-refractivity contribution is 0.0796. The van der Waals surface area contributed by atoms with Gasteiger partial charge in [-0.25, -0.2) is 0 Å². The van der Waals surface area contributed by atoms with Crippen molar-refractivity contribution < 1.29 is 4.79 Å². The van der Waals surface area contributed by atoms with E-state index < -0.39 is 0 Å². The van der Waals surface area contributed by atoms with E-state index in [1.807, 2.05) is 6.92 Å². The fourth-order valence-electron chi connectivity index (χ4n) is 1.81. The van der Waals surface area contributed by atoms with Crippen LogP contribution in [0.4, 0.5) is 5.69 Å². The van der Waals surface area contributed by atoms with Gasteiger partial charge in [-0.1, -0.05) is 37.0 Å². The molecular formula is C14H20Cl2N2O. The molecule has 1 aromatic carbocycles. The first-order valence-corrected chi connectivity index (χ1v) is 7.25. The van der Waals surface area contributed by atoms with Crippen molar-refractivity contribution in [3.05, 3.63) is 27.7 Å². The second kappa shape index (κ2) is 7.61. The predicted octanol–water partition coefficient (Wildman–Crippen LogP) is 4.30. The monoisotopic (exact) mass is 302 g/mol. The molecule has 0 aliphatic heterocycles. The van der Waals surface area contributed by atoms with Crippen LogP contribution in [0, 0.1) is 0 Å². The minimum Gasteiger partial charge on any atom is -0.383 e. The first kappa shape index (κ1) is 16.1. The molecule has 0 saturated heterocycles. The lowest BCUT2D eigenvalue weighted by atomic mass is 10.1. The Labute approximate surface area is 124 Å². The van der Waals surface area contributed by atoms with Crippen molar-refractivity contribution in [2.24, 2.45) is 0 Å². The highest BCUT2D eigenvalue weighted by Gasteiger charge is 2.18. The number of carbonyl (C=O) groups excluding carboxylic acids is 1. The number of anilines is 1.